The molecular formula is C12H27Cl2N3O. The van der Waals surface area contributed by atoms with Crippen molar-refractivity contribution in [1.82, 2.24) is 10.2 Å². The number of rotatable bonds is 5. The number of carbonyl (C=O) groups is 1. The zero-order valence-corrected chi connectivity index (χ0v) is 13.0. The van der Waals surface area contributed by atoms with Crippen molar-refractivity contribution in [3.63, 3.8) is 0 Å². The van der Waals surface area contributed by atoms with Crippen LogP contribution in [0.2, 0.25) is 0 Å². The SMILES string of the molecule is CN(C)C1CCCC(NC(=O)CCCN)C1.Cl.Cl. The molecule has 2 unspecified atom stereocenters. The van der Waals surface area contributed by atoms with E-state index in [1.54, 1.807) is 0 Å². The van der Waals surface area contributed by atoms with Crippen molar-refractivity contribution in [3.05, 3.63) is 0 Å². The number of halogens is 2. The molecule has 6 heteroatoms. The predicted octanol–water partition coefficient (Wildman–Crippen LogP) is 1.56. The summed E-state index contributed by atoms with van der Waals surface area (Å²) < 4.78 is 0. The third-order valence-corrected chi connectivity index (χ3v) is 3.35. The Hall–Kier alpha value is -0.0300. The Balaban J connectivity index is 0. The highest BCUT2D eigenvalue weighted by Crippen LogP contribution is 2.21. The van der Waals surface area contributed by atoms with Crippen molar-refractivity contribution >= 4 is 30.7 Å². The average Bonchev–Trinajstić information content (AvgIpc) is 2.26. The summed E-state index contributed by atoms with van der Waals surface area (Å²) in [7, 11) is 4.23. The third kappa shape index (κ3) is 7.41. The van der Waals surface area contributed by atoms with E-state index in [0.717, 1.165) is 19.3 Å². The van der Waals surface area contributed by atoms with Crippen molar-refractivity contribution in [2.75, 3.05) is 20.6 Å². The third-order valence-electron chi connectivity index (χ3n) is 3.35. The van der Waals surface area contributed by atoms with Gasteiger partial charge in [-0.3, -0.25) is 4.79 Å². The summed E-state index contributed by atoms with van der Waals surface area (Å²) >= 11 is 0. The van der Waals surface area contributed by atoms with Gasteiger partial charge in [0.2, 0.25) is 5.91 Å². The Labute approximate surface area is 123 Å². The second-order valence-electron chi connectivity index (χ2n) is 4.94. The molecule has 18 heavy (non-hydrogen) atoms. The van der Waals surface area contributed by atoms with Crippen LogP contribution in [0.4, 0.5) is 0 Å². The normalized spacial score (nSPS) is 22.9. The highest BCUT2D eigenvalue weighted by atomic mass is 35.5. The van der Waals surface area contributed by atoms with E-state index in [1.807, 2.05) is 0 Å². The van der Waals surface area contributed by atoms with E-state index in [-0.39, 0.29) is 30.7 Å². The number of nitrogens with zero attached hydrogens (tertiary/aromatic N) is 1. The second-order valence-corrected chi connectivity index (χ2v) is 4.94. The first-order valence-electron chi connectivity index (χ1n) is 6.29. The number of nitrogens with two attached hydrogens (primary N) is 1. The first kappa shape index (κ1) is 20.3. The van der Waals surface area contributed by atoms with E-state index in [2.05, 4.69) is 24.3 Å². The van der Waals surface area contributed by atoms with Gasteiger partial charge in [0.05, 0.1) is 0 Å². The molecule has 0 heterocycles. The van der Waals surface area contributed by atoms with Gasteiger partial charge in [0.15, 0.2) is 0 Å². The number of amides is 1. The fourth-order valence-electron chi connectivity index (χ4n) is 2.33. The highest BCUT2D eigenvalue weighted by molar-refractivity contribution is 5.85. The van der Waals surface area contributed by atoms with Gasteiger partial charge in [0, 0.05) is 18.5 Å². The predicted molar refractivity (Wildman–Crippen MR) is 80.7 cm³/mol. The maximum Gasteiger partial charge on any atom is 0.220 e. The van der Waals surface area contributed by atoms with Gasteiger partial charge in [-0.15, -0.1) is 24.8 Å². The van der Waals surface area contributed by atoms with Crippen LogP contribution in [0.3, 0.4) is 0 Å². The lowest BCUT2D eigenvalue weighted by Gasteiger charge is -2.33. The molecule has 1 rings (SSSR count). The van der Waals surface area contributed by atoms with E-state index in [9.17, 15) is 4.79 Å². The van der Waals surface area contributed by atoms with Crippen molar-refractivity contribution in [3.8, 4) is 0 Å². The molecule has 0 aliphatic heterocycles. The maximum atomic E-state index is 11.6. The van der Waals surface area contributed by atoms with Crippen LogP contribution in [-0.4, -0.2) is 43.5 Å². The van der Waals surface area contributed by atoms with E-state index >= 15 is 0 Å². The first-order valence-corrected chi connectivity index (χ1v) is 6.29. The summed E-state index contributed by atoms with van der Waals surface area (Å²) in [4.78, 5) is 13.8. The van der Waals surface area contributed by atoms with Crippen molar-refractivity contribution in [2.24, 2.45) is 5.73 Å². The van der Waals surface area contributed by atoms with Gasteiger partial charge in [-0.25, -0.2) is 0 Å². The van der Waals surface area contributed by atoms with Gasteiger partial charge in [0.1, 0.15) is 0 Å². The van der Waals surface area contributed by atoms with Gasteiger partial charge in [0.25, 0.3) is 0 Å². The largest absolute Gasteiger partial charge is 0.353 e. The topological polar surface area (TPSA) is 58.4 Å². The van der Waals surface area contributed by atoms with Gasteiger partial charge >= 0.3 is 0 Å². The zero-order valence-electron chi connectivity index (χ0n) is 11.4. The van der Waals surface area contributed by atoms with Crippen LogP contribution in [0.5, 0.6) is 0 Å². The molecule has 0 aromatic rings. The van der Waals surface area contributed by atoms with Crippen molar-refractivity contribution in [1.29, 1.82) is 0 Å². The van der Waals surface area contributed by atoms with Crippen LogP contribution in [0.25, 0.3) is 0 Å². The molecule has 3 N–H and O–H groups in total. The molecule has 1 fully saturated rings. The lowest BCUT2D eigenvalue weighted by Crippen LogP contribution is -2.43. The summed E-state index contributed by atoms with van der Waals surface area (Å²) in [5.74, 6) is 0.162. The molecule has 110 valence electrons. The maximum absolute atomic E-state index is 11.6. The highest BCUT2D eigenvalue weighted by Gasteiger charge is 2.24. The molecule has 0 radical (unpaired) electrons. The molecule has 0 aromatic heterocycles. The summed E-state index contributed by atoms with van der Waals surface area (Å²) in [6.45, 7) is 0.596. The molecule has 1 amide bonds. The lowest BCUT2D eigenvalue weighted by molar-refractivity contribution is -0.122. The van der Waals surface area contributed by atoms with E-state index in [0.29, 0.717) is 25.0 Å². The fraction of sp³-hybridized carbons (Fsp3) is 0.917. The molecule has 0 spiro atoms. The molecule has 1 aliphatic rings. The molecule has 0 aromatic carbocycles. The minimum absolute atomic E-state index is 0. The molecule has 1 aliphatic carbocycles. The van der Waals surface area contributed by atoms with Gasteiger partial charge in [-0.2, -0.15) is 0 Å². The zero-order chi connectivity index (χ0) is 12.0. The number of nitrogens with one attached hydrogen (secondary N) is 1. The summed E-state index contributed by atoms with van der Waals surface area (Å²) in [6.07, 6.45) is 6.03. The quantitative estimate of drug-likeness (QED) is 0.810. The number of hydrogen-bond donors (Lipinski definition) is 2. The van der Waals surface area contributed by atoms with Gasteiger partial charge < -0.3 is 16.0 Å². The average molecular weight is 300 g/mol. The van der Waals surface area contributed by atoms with Crippen LogP contribution >= 0.6 is 24.8 Å². The minimum Gasteiger partial charge on any atom is -0.353 e. The Morgan fingerprint density at radius 1 is 1.33 bits per heavy atom. The minimum atomic E-state index is 0. The number of carbonyl (C=O) groups excluding carboxylic acids is 1. The van der Waals surface area contributed by atoms with Crippen molar-refractivity contribution in [2.45, 2.75) is 50.6 Å². The summed E-state index contributed by atoms with van der Waals surface area (Å²) in [5, 5.41) is 3.12. The van der Waals surface area contributed by atoms with Gasteiger partial charge in [-0.05, 0) is 52.7 Å². The summed E-state index contributed by atoms with van der Waals surface area (Å²) in [5.41, 5.74) is 5.39. The first-order chi connectivity index (χ1) is 7.63. The lowest BCUT2D eigenvalue weighted by atomic mass is 9.90. The molecular weight excluding hydrogens is 273 g/mol. The van der Waals surface area contributed by atoms with Crippen molar-refractivity contribution < 1.29 is 4.79 Å². The molecule has 2 atom stereocenters. The second kappa shape index (κ2) is 10.9. The Bertz CT molecular complexity index is 227. The van der Waals surface area contributed by atoms with Crippen LogP contribution in [0, 0.1) is 0 Å². The van der Waals surface area contributed by atoms with Crippen LogP contribution in [0.1, 0.15) is 38.5 Å². The van der Waals surface area contributed by atoms with Crippen LogP contribution in [-0.2, 0) is 4.79 Å². The fourth-order valence-corrected chi connectivity index (χ4v) is 2.33. The smallest absolute Gasteiger partial charge is 0.220 e. The Kier molecular flexibility index (Phi) is 12.2. The summed E-state index contributed by atoms with van der Waals surface area (Å²) in [6, 6.07) is 0.986. The molecule has 4 nitrogen and oxygen atoms in total. The Morgan fingerprint density at radius 3 is 2.56 bits per heavy atom. The molecule has 0 saturated heterocycles. The molecule has 1 saturated carbocycles. The Morgan fingerprint density at radius 2 is 2.00 bits per heavy atom. The van der Waals surface area contributed by atoms with E-state index in [4.69, 9.17) is 5.73 Å². The van der Waals surface area contributed by atoms with Crippen LogP contribution < -0.4 is 11.1 Å². The van der Waals surface area contributed by atoms with Gasteiger partial charge in [-0.1, -0.05) is 0 Å². The standard InChI is InChI=1S/C12H25N3O.2ClH/c1-15(2)11-6-3-5-10(9-11)14-12(16)7-4-8-13;;/h10-11H,3-9,13H2,1-2H3,(H,14,16);2*1H. The molecule has 0 bridgehead atoms. The number of hydrogen-bond acceptors (Lipinski definition) is 3. The van der Waals surface area contributed by atoms with E-state index < -0.39 is 0 Å². The van der Waals surface area contributed by atoms with Crippen LogP contribution in [0.15, 0.2) is 0 Å². The van der Waals surface area contributed by atoms with E-state index in [1.165, 1.54) is 12.8 Å². The monoisotopic (exact) mass is 299 g/mol.